The van der Waals surface area contributed by atoms with Gasteiger partial charge in [0.05, 0.1) is 36.2 Å². The van der Waals surface area contributed by atoms with Gasteiger partial charge in [-0.3, -0.25) is 0 Å². The van der Waals surface area contributed by atoms with Crippen molar-refractivity contribution in [2.75, 3.05) is 18.1 Å². The molecule has 2 heterocycles. The highest BCUT2D eigenvalue weighted by Gasteiger charge is 2.35. The Hall–Kier alpha value is -0.870. The first-order valence-corrected chi connectivity index (χ1v) is 6.58. The Bertz CT molecular complexity index is 382. The van der Waals surface area contributed by atoms with Gasteiger partial charge in [0.1, 0.15) is 0 Å². The van der Waals surface area contributed by atoms with Crippen LogP contribution in [0.15, 0.2) is 12.4 Å². The molecule has 5 heteroatoms. The normalized spacial score (nSPS) is 28.9. The van der Waals surface area contributed by atoms with Crippen LogP contribution in [0.2, 0.25) is 5.02 Å². The number of hydrogen-bond acceptors (Lipinski definition) is 4. The summed E-state index contributed by atoms with van der Waals surface area (Å²) in [4.78, 5) is 10.9. The van der Waals surface area contributed by atoms with Gasteiger partial charge in [0, 0.05) is 6.54 Å². The van der Waals surface area contributed by atoms with Crippen molar-refractivity contribution in [2.24, 2.45) is 0 Å². The molecule has 1 saturated carbocycles. The Balaban J connectivity index is 1.83. The molecule has 2 aliphatic rings. The van der Waals surface area contributed by atoms with Gasteiger partial charge in [0.25, 0.3) is 0 Å². The van der Waals surface area contributed by atoms with Gasteiger partial charge < -0.3 is 9.64 Å². The number of morpholine rings is 1. The zero-order valence-corrected chi connectivity index (χ0v) is 10.4. The fourth-order valence-corrected chi connectivity index (χ4v) is 2.90. The second-order valence-electron chi connectivity index (χ2n) is 4.66. The van der Waals surface area contributed by atoms with E-state index in [4.69, 9.17) is 16.3 Å². The summed E-state index contributed by atoms with van der Waals surface area (Å²) >= 11 is 5.82. The van der Waals surface area contributed by atoms with Crippen molar-refractivity contribution >= 4 is 17.5 Å². The van der Waals surface area contributed by atoms with E-state index < -0.39 is 0 Å². The molecule has 2 unspecified atom stereocenters. The van der Waals surface area contributed by atoms with Gasteiger partial charge in [-0.15, -0.1) is 0 Å². The Labute approximate surface area is 106 Å². The molecule has 0 spiro atoms. The highest BCUT2D eigenvalue weighted by atomic mass is 35.5. The predicted molar refractivity (Wildman–Crippen MR) is 66.4 cm³/mol. The lowest BCUT2D eigenvalue weighted by atomic mass is 9.90. The SMILES string of the molecule is Clc1cnc(N2CCOC3CCCCC32)nc1. The van der Waals surface area contributed by atoms with Crippen molar-refractivity contribution in [3.8, 4) is 0 Å². The zero-order chi connectivity index (χ0) is 11.7. The second kappa shape index (κ2) is 4.78. The largest absolute Gasteiger partial charge is 0.374 e. The number of hydrogen-bond donors (Lipinski definition) is 0. The summed E-state index contributed by atoms with van der Waals surface area (Å²) < 4.78 is 5.83. The van der Waals surface area contributed by atoms with Crippen LogP contribution in [0.5, 0.6) is 0 Å². The van der Waals surface area contributed by atoms with Crippen LogP contribution in [-0.2, 0) is 4.74 Å². The van der Waals surface area contributed by atoms with Crippen LogP contribution >= 0.6 is 11.6 Å². The number of anilines is 1. The third-order valence-corrected chi connectivity index (χ3v) is 3.79. The molecule has 0 radical (unpaired) electrons. The van der Waals surface area contributed by atoms with Crippen LogP contribution < -0.4 is 4.90 Å². The van der Waals surface area contributed by atoms with Gasteiger partial charge >= 0.3 is 0 Å². The van der Waals surface area contributed by atoms with Crippen molar-refractivity contribution < 1.29 is 4.74 Å². The number of nitrogens with zero attached hydrogens (tertiary/aromatic N) is 3. The number of fused-ring (bicyclic) bond motifs is 1. The van der Waals surface area contributed by atoms with Crippen LogP contribution in [0, 0.1) is 0 Å². The molecule has 1 aromatic rings. The monoisotopic (exact) mass is 253 g/mol. The minimum atomic E-state index is 0.358. The van der Waals surface area contributed by atoms with Crippen molar-refractivity contribution in [3.05, 3.63) is 17.4 Å². The van der Waals surface area contributed by atoms with Gasteiger partial charge in [0.15, 0.2) is 0 Å². The molecule has 1 aliphatic heterocycles. The molecule has 1 saturated heterocycles. The molecular weight excluding hydrogens is 238 g/mol. The van der Waals surface area contributed by atoms with Gasteiger partial charge in [0.2, 0.25) is 5.95 Å². The molecule has 1 aliphatic carbocycles. The summed E-state index contributed by atoms with van der Waals surface area (Å²) in [5.41, 5.74) is 0. The molecule has 2 fully saturated rings. The molecular formula is C12H16ClN3O. The average Bonchev–Trinajstić information content (AvgIpc) is 2.39. The van der Waals surface area contributed by atoms with Crippen molar-refractivity contribution in [1.29, 1.82) is 0 Å². The number of rotatable bonds is 1. The van der Waals surface area contributed by atoms with E-state index in [0.717, 1.165) is 25.5 Å². The van der Waals surface area contributed by atoms with E-state index in [1.165, 1.54) is 19.3 Å². The van der Waals surface area contributed by atoms with Gasteiger partial charge in [-0.05, 0) is 12.8 Å². The minimum absolute atomic E-state index is 0.358. The standard InChI is InChI=1S/C12H16ClN3O/c13-9-7-14-12(15-8-9)16-5-6-17-11-4-2-1-3-10(11)16/h7-8,10-11H,1-6H2. The maximum atomic E-state index is 5.83. The zero-order valence-electron chi connectivity index (χ0n) is 9.68. The first kappa shape index (κ1) is 11.2. The third kappa shape index (κ3) is 2.24. The lowest BCUT2D eigenvalue weighted by Gasteiger charge is -2.43. The van der Waals surface area contributed by atoms with Crippen molar-refractivity contribution in [3.63, 3.8) is 0 Å². The smallest absolute Gasteiger partial charge is 0.225 e. The fraction of sp³-hybridized carbons (Fsp3) is 0.667. The van der Waals surface area contributed by atoms with Crippen LogP contribution in [0.3, 0.4) is 0 Å². The molecule has 3 rings (SSSR count). The highest BCUT2D eigenvalue weighted by molar-refractivity contribution is 6.30. The third-order valence-electron chi connectivity index (χ3n) is 3.60. The molecule has 2 atom stereocenters. The molecule has 0 amide bonds. The van der Waals surface area contributed by atoms with Gasteiger partial charge in [-0.25, -0.2) is 9.97 Å². The second-order valence-corrected chi connectivity index (χ2v) is 5.09. The Morgan fingerprint density at radius 2 is 2.00 bits per heavy atom. The number of halogens is 1. The minimum Gasteiger partial charge on any atom is -0.374 e. The van der Waals surface area contributed by atoms with E-state index in [9.17, 15) is 0 Å². The molecule has 1 aromatic heterocycles. The summed E-state index contributed by atoms with van der Waals surface area (Å²) in [6.07, 6.45) is 8.57. The van der Waals surface area contributed by atoms with Crippen LogP contribution in [0.4, 0.5) is 5.95 Å². The lowest BCUT2D eigenvalue weighted by Crippen LogP contribution is -2.53. The molecule has 4 nitrogen and oxygen atoms in total. The quantitative estimate of drug-likeness (QED) is 0.770. The molecule has 0 bridgehead atoms. The lowest BCUT2D eigenvalue weighted by molar-refractivity contribution is -0.00932. The van der Waals surface area contributed by atoms with Crippen molar-refractivity contribution in [2.45, 2.75) is 37.8 Å². The van der Waals surface area contributed by atoms with Crippen LogP contribution in [-0.4, -0.2) is 35.3 Å². The molecule has 92 valence electrons. The number of aromatic nitrogens is 2. The first-order valence-electron chi connectivity index (χ1n) is 6.20. The van der Waals surface area contributed by atoms with E-state index in [1.54, 1.807) is 12.4 Å². The maximum Gasteiger partial charge on any atom is 0.225 e. The fourth-order valence-electron chi connectivity index (χ4n) is 2.80. The van der Waals surface area contributed by atoms with E-state index in [-0.39, 0.29) is 0 Å². The van der Waals surface area contributed by atoms with Crippen LogP contribution in [0.25, 0.3) is 0 Å². The van der Waals surface area contributed by atoms with E-state index in [0.29, 0.717) is 17.2 Å². The van der Waals surface area contributed by atoms with E-state index in [2.05, 4.69) is 14.9 Å². The number of ether oxygens (including phenoxy) is 1. The predicted octanol–water partition coefficient (Wildman–Crippen LogP) is 2.28. The Kier molecular flexibility index (Phi) is 3.16. The molecule has 17 heavy (non-hydrogen) atoms. The summed E-state index contributed by atoms with van der Waals surface area (Å²) in [6.45, 7) is 1.65. The highest BCUT2D eigenvalue weighted by Crippen LogP contribution is 2.30. The van der Waals surface area contributed by atoms with Gasteiger partial charge in [-0.2, -0.15) is 0 Å². The average molecular weight is 254 g/mol. The van der Waals surface area contributed by atoms with Gasteiger partial charge in [-0.1, -0.05) is 24.4 Å². The topological polar surface area (TPSA) is 38.2 Å². The Morgan fingerprint density at radius 3 is 2.82 bits per heavy atom. The summed E-state index contributed by atoms with van der Waals surface area (Å²) in [7, 11) is 0. The summed E-state index contributed by atoms with van der Waals surface area (Å²) in [5.74, 6) is 0.787. The first-order chi connectivity index (χ1) is 8.34. The summed E-state index contributed by atoms with van der Waals surface area (Å²) in [6, 6.07) is 0.443. The maximum absolute atomic E-state index is 5.83. The molecule has 0 N–H and O–H groups in total. The van der Waals surface area contributed by atoms with E-state index >= 15 is 0 Å². The van der Waals surface area contributed by atoms with Crippen LogP contribution in [0.1, 0.15) is 25.7 Å². The van der Waals surface area contributed by atoms with E-state index in [1.807, 2.05) is 0 Å². The van der Waals surface area contributed by atoms with Crippen molar-refractivity contribution in [1.82, 2.24) is 9.97 Å². The Morgan fingerprint density at radius 1 is 1.24 bits per heavy atom. The molecule has 0 aromatic carbocycles. The summed E-state index contributed by atoms with van der Waals surface area (Å²) in [5, 5.41) is 0.585.